The van der Waals surface area contributed by atoms with Crippen LogP contribution in [0.4, 0.5) is 5.69 Å². The van der Waals surface area contributed by atoms with E-state index in [4.69, 9.17) is 4.74 Å². The second-order valence-corrected chi connectivity index (χ2v) is 5.63. The molecule has 0 bridgehead atoms. The van der Waals surface area contributed by atoms with E-state index in [2.05, 4.69) is 5.32 Å². The maximum absolute atomic E-state index is 11.7. The summed E-state index contributed by atoms with van der Waals surface area (Å²) in [5.74, 6) is -0.205. The second-order valence-electron chi connectivity index (χ2n) is 4.16. The van der Waals surface area contributed by atoms with Gasteiger partial charge in [0.2, 0.25) is 0 Å². The van der Waals surface area contributed by atoms with E-state index in [1.54, 1.807) is 24.3 Å². The Morgan fingerprint density at radius 1 is 1.05 bits per heavy atom. The van der Waals surface area contributed by atoms with Crippen LogP contribution in [0.2, 0.25) is 0 Å². The SMILES string of the molecule is O=[As]c1ccc(NC(=O)COCc2ccccc2)cc1. The fraction of sp³-hybridized carbons (Fsp3) is 0.133. The van der Waals surface area contributed by atoms with Crippen LogP contribution in [0.5, 0.6) is 0 Å². The summed E-state index contributed by atoms with van der Waals surface area (Å²) in [5.41, 5.74) is 1.71. The molecule has 1 N–H and O–H groups in total. The summed E-state index contributed by atoms with van der Waals surface area (Å²) in [4.78, 5) is 11.7. The zero-order valence-corrected chi connectivity index (χ0v) is 12.7. The normalized spacial score (nSPS) is 10.4. The first kappa shape index (κ1) is 14.6. The third-order valence-corrected chi connectivity index (χ3v) is 3.67. The van der Waals surface area contributed by atoms with Crippen LogP contribution in [0.25, 0.3) is 0 Å². The van der Waals surface area contributed by atoms with Crippen LogP contribution in [0.15, 0.2) is 54.6 Å². The molecule has 20 heavy (non-hydrogen) atoms. The van der Waals surface area contributed by atoms with Crippen LogP contribution in [-0.2, 0) is 19.9 Å². The van der Waals surface area contributed by atoms with Crippen molar-refractivity contribution in [3.05, 3.63) is 60.2 Å². The number of benzene rings is 2. The van der Waals surface area contributed by atoms with Crippen LogP contribution in [-0.4, -0.2) is 28.2 Å². The minimum absolute atomic E-state index is 0.00407. The van der Waals surface area contributed by atoms with Gasteiger partial charge in [-0.25, -0.2) is 0 Å². The van der Waals surface area contributed by atoms with Crippen LogP contribution >= 0.6 is 0 Å². The van der Waals surface area contributed by atoms with E-state index < -0.39 is 15.7 Å². The van der Waals surface area contributed by atoms with Crippen molar-refractivity contribution in [2.45, 2.75) is 6.61 Å². The first-order chi connectivity index (χ1) is 9.78. The summed E-state index contributed by atoms with van der Waals surface area (Å²) in [6, 6.07) is 16.6. The quantitative estimate of drug-likeness (QED) is 0.817. The van der Waals surface area contributed by atoms with Gasteiger partial charge in [0.15, 0.2) is 0 Å². The molecule has 5 heteroatoms. The molecule has 0 aliphatic rings. The van der Waals surface area contributed by atoms with E-state index in [-0.39, 0.29) is 12.5 Å². The molecular weight excluding hydrogens is 317 g/mol. The van der Waals surface area contributed by atoms with Crippen molar-refractivity contribution in [2.24, 2.45) is 0 Å². The van der Waals surface area contributed by atoms with Crippen LogP contribution < -0.4 is 9.67 Å². The Kier molecular flexibility index (Phi) is 5.66. The average Bonchev–Trinajstić information content (AvgIpc) is 2.49. The van der Waals surface area contributed by atoms with Gasteiger partial charge in [-0.05, 0) is 0 Å². The molecule has 0 aromatic heterocycles. The molecule has 0 heterocycles. The number of anilines is 1. The van der Waals surface area contributed by atoms with Gasteiger partial charge in [0.1, 0.15) is 0 Å². The predicted molar refractivity (Wildman–Crippen MR) is 77.2 cm³/mol. The second kappa shape index (κ2) is 7.73. The van der Waals surface area contributed by atoms with Crippen molar-refractivity contribution in [3.63, 3.8) is 0 Å². The van der Waals surface area contributed by atoms with Crippen LogP contribution in [0.3, 0.4) is 0 Å². The van der Waals surface area contributed by atoms with Crippen molar-refractivity contribution in [2.75, 3.05) is 11.9 Å². The number of carbonyl (C=O) groups excluding carboxylic acids is 1. The molecule has 2 rings (SSSR count). The molecule has 102 valence electrons. The fourth-order valence-corrected chi connectivity index (χ4v) is 2.21. The Morgan fingerprint density at radius 2 is 1.75 bits per heavy atom. The molecule has 0 saturated carbocycles. The van der Waals surface area contributed by atoms with Crippen molar-refractivity contribution in [1.82, 2.24) is 0 Å². The van der Waals surface area contributed by atoms with Gasteiger partial charge in [-0.3, -0.25) is 0 Å². The number of carbonyl (C=O) groups is 1. The van der Waals surface area contributed by atoms with Crippen LogP contribution in [0.1, 0.15) is 5.56 Å². The summed E-state index contributed by atoms with van der Waals surface area (Å²) in [6.45, 7) is 0.414. The molecule has 0 aliphatic carbocycles. The summed E-state index contributed by atoms with van der Waals surface area (Å²) >= 11 is -1.02. The van der Waals surface area contributed by atoms with Crippen molar-refractivity contribution >= 4 is 31.6 Å². The molecule has 4 nitrogen and oxygen atoms in total. The van der Waals surface area contributed by atoms with Gasteiger partial charge in [-0.15, -0.1) is 0 Å². The number of amides is 1. The van der Waals surface area contributed by atoms with E-state index in [0.717, 1.165) is 9.91 Å². The predicted octanol–water partition coefficient (Wildman–Crippen LogP) is 1.52. The first-order valence-electron chi connectivity index (χ1n) is 6.13. The van der Waals surface area contributed by atoms with Crippen molar-refractivity contribution < 1.29 is 13.3 Å². The molecule has 0 aliphatic heterocycles. The van der Waals surface area contributed by atoms with Crippen LogP contribution in [0, 0.1) is 0 Å². The number of hydrogen-bond acceptors (Lipinski definition) is 3. The fourth-order valence-electron chi connectivity index (χ4n) is 1.64. The minimum atomic E-state index is -1.02. The Balaban J connectivity index is 1.76. The third kappa shape index (κ3) is 4.72. The van der Waals surface area contributed by atoms with Gasteiger partial charge in [0.05, 0.1) is 0 Å². The molecule has 0 unspecified atom stereocenters. The van der Waals surface area contributed by atoms with E-state index in [0.29, 0.717) is 12.3 Å². The van der Waals surface area contributed by atoms with Gasteiger partial charge < -0.3 is 0 Å². The van der Waals surface area contributed by atoms with E-state index in [1.807, 2.05) is 30.3 Å². The van der Waals surface area contributed by atoms with Gasteiger partial charge in [0.25, 0.3) is 0 Å². The van der Waals surface area contributed by atoms with E-state index in [1.165, 1.54) is 0 Å². The zero-order chi connectivity index (χ0) is 14.2. The Bertz CT molecular complexity index is 569. The molecule has 0 saturated heterocycles. The summed E-state index contributed by atoms with van der Waals surface area (Å²) in [5, 5.41) is 2.72. The summed E-state index contributed by atoms with van der Waals surface area (Å²) in [6.07, 6.45) is 0. The van der Waals surface area contributed by atoms with Gasteiger partial charge in [-0.1, -0.05) is 6.07 Å². The van der Waals surface area contributed by atoms with E-state index >= 15 is 0 Å². The number of nitrogens with one attached hydrogen (secondary N) is 1. The number of hydrogen-bond donors (Lipinski definition) is 1. The van der Waals surface area contributed by atoms with Crippen molar-refractivity contribution in [3.8, 4) is 0 Å². The molecule has 2 aromatic carbocycles. The number of rotatable bonds is 6. The molecule has 0 spiro atoms. The Hall–Kier alpha value is -1.77. The summed E-state index contributed by atoms with van der Waals surface area (Å²) in [7, 11) is 0. The molecule has 0 atom stereocenters. The third-order valence-electron chi connectivity index (χ3n) is 2.60. The van der Waals surface area contributed by atoms with Crippen molar-refractivity contribution in [1.29, 1.82) is 0 Å². The standard InChI is InChI=1S/C15H14AsNO3/c18-15(11-20-10-12-4-2-1-3-5-12)17-14-8-6-13(16-19)7-9-14/h1-9H,10-11H2,(H,17,18). The molecule has 0 radical (unpaired) electrons. The number of ether oxygens (including phenoxy) is 1. The maximum atomic E-state index is 11.7. The Labute approximate surface area is 124 Å². The Morgan fingerprint density at radius 3 is 2.40 bits per heavy atom. The monoisotopic (exact) mass is 331 g/mol. The molecular formula is C15H14AsNO3. The molecule has 1 amide bonds. The first-order valence-corrected chi connectivity index (χ1v) is 7.83. The summed E-state index contributed by atoms with van der Waals surface area (Å²) < 4.78 is 16.9. The molecule has 0 fully saturated rings. The van der Waals surface area contributed by atoms with Gasteiger partial charge >= 0.3 is 118 Å². The topological polar surface area (TPSA) is 55.4 Å². The van der Waals surface area contributed by atoms with Gasteiger partial charge in [0, 0.05) is 0 Å². The zero-order valence-electron chi connectivity index (χ0n) is 10.8. The average molecular weight is 331 g/mol. The van der Waals surface area contributed by atoms with E-state index in [9.17, 15) is 8.53 Å². The molecule has 2 aromatic rings. The van der Waals surface area contributed by atoms with Gasteiger partial charge in [-0.2, -0.15) is 0 Å².